The number of aromatic nitrogens is 1. The van der Waals surface area contributed by atoms with Crippen LogP contribution in [0, 0.1) is 5.92 Å². The number of aryl methyl sites for hydroxylation is 1. The number of thiocarbonyl (C=S) groups is 1. The van der Waals surface area contributed by atoms with Crippen LogP contribution in [-0.2, 0) is 7.05 Å². The van der Waals surface area contributed by atoms with Gasteiger partial charge in [-0.3, -0.25) is 0 Å². The number of hydrogen-bond acceptors (Lipinski definition) is 1. The van der Waals surface area contributed by atoms with Gasteiger partial charge in [0.1, 0.15) is 0 Å². The van der Waals surface area contributed by atoms with Gasteiger partial charge in [-0.2, -0.15) is 0 Å². The summed E-state index contributed by atoms with van der Waals surface area (Å²) in [6, 6.07) is 4.78. The molecule has 1 aliphatic rings. The molecule has 0 saturated carbocycles. The van der Waals surface area contributed by atoms with Crippen LogP contribution < -0.4 is 5.32 Å². The van der Waals surface area contributed by atoms with Crippen LogP contribution >= 0.6 is 12.2 Å². The van der Waals surface area contributed by atoms with E-state index in [0.29, 0.717) is 6.04 Å². The first-order valence-corrected chi connectivity index (χ1v) is 8.20. The quantitative estimate of drug-likeness (QED) is 0.862. The summed E-state index contributed by atoms with van der Waals surface area (Å²) in [6.45, 7) is 6.56. The van der Waals surface area contributed by atoms with E-state index in [0.717, 1.165) is 30.5 Å². The topological polar surface area (TPSA) is 20.2 Å². The van der Waals surface area contributed by atoms with Gasteiger partial charge in [0.2, 0.25) is 0 Å². The average molecular weight is 293 g/mol. The summed E-state index contributed by atoms with van der Waals surface area (Å²) in [6.07, 6.45) is 6.94. The number of nitrogens with one attached hydrogen (secondary N) is 1. The normalized spacial score (nSPS) is 23.4. The molecule has 1 fully saturated rings. The van der Waals surface area contributed by atoms with Gasteiger partial charge in [0.05, 0.1) is 6.04 Å². The molecule has 1 saturated heterocycles. The van der Waals surface area contributed by atoms with Crippen LogP contribution in [0.25, 0.3) is 0 Å². The van der Waals surface area contributed by atoms with E-state index < -0.39 is 0 Å². The average Bonchev–Trinajstić information content (AvgIpc) is 2.75. The van der Waals surface area contributed by atoms with Gasteiger partial charge in [-0.05, 0) is 56.0 Å². The van der Waals surface area contributed by atoms with Crippen LogP contribution in [0.15, 0.2) is 18.3 Å². The van der Waals surface area contributed by atoms with E-state index in [4.69, 9.17) is 12.2 Å². The summed E-state index contributed by atoms with van der Waals surface area (Å²) in [5, 5.41) is 4.33. The summed E-state index contributed by atoms with van der Waals surface area (Å²) in [5.74, 6) is 0.789. The molecule has 4 heteroatoms. The first-order chi connectivity index (χ1) is 9.63. The van der Waals surface area contributed by atoms with Gasteiger partial charge < -0.3 is 14.8 Å². The second-order valence-corrected chi connectivity index (χ2v) is 6.34. The van der Waals surface area contributed by atoms with Crippen molar-refractivity contribution in [3.63, 3.8) is 0 Å². The van der Waals surface area contributed by atoms with Crippen LogP contribution in [0.2, 0.25) is 0 Å². The van der Waals surface area contributed by atoms with Crippen molar-refractivity contribution in [1.29, 1.82) is 0 Å². The molecular weight excluding hydrogens is 266 g/mol. The number of nitrogens with zero attached hydrogens (tertiary/aromatic N) is 2. The van der Waals surface area contributed by atoms with Crippen molar-refractivity contribution in [3.05, 3.63) is 24.0 Å². The molecule has 0 bridgehead atoms. The molecule has 0 spiro atoms. The number of likely N-dealkylation sites (tertiary alicyclic amines) is 1. The third kappa shape index (κ3) is 3.54. The Morgan fingerprint density at radius 3 is 2.85 bits per heavy atom. The standard InChI is InChI=1S/C16H27N3S/c1-4-10-17-16(20)19-12-9-13(2)7-8-15(19)14-6-5-11-18(14)3/h5-6,11,13,15H,4,7-10,12H2,1-3H3,(H,17,20)/t13-,15-/m1/s1. The molecule has 2 heterocycles. The third-order valence-corrected chi connectivity index (χ3v) is 4.66. The first kappa shape index (κ1) is 15.4. The van der Waals surface area contributed by atoms with E-state index in [1.54, 1.807) is 0 Å². The smallest absolute Gasteiger partial charge is 0.169 e. The highest BCUT2D eigenvalue weighted by atomic mass is 32.1. The fraction of sp³-hybridized carbons (Fsp3) is 0.688. The van der Waals surface area contributed by atoms with Gasteiger partial charge in [0.15, 0.2) is 5.11 Å². The highest BCUT2D eigenvalue weighted by molar-refractivity contribution is 7.80. The molecule has 1 aromatic heterocycles. The maximum Gasteiger partial charge on any atom is 0.169 e. The molecule has 2 atom stereocenters. The van der Waals surface area contributed by atoms with Crippen molar-refractivity contribution in [2.24, 2.45) is 13.0 Å². The molecule has 112 valence electrons. The Labute approximate surface area is 128 Å². The fourth-order valence-electron chi connectivity index (χ4n) is 2.96. The molecular formula is C16H27N3S. The zero-order valence-corrected chi connectivity index (χ0v) is 13.7. The van der Waals surface area contributed by atoms with Crippen molar-refractivity contribution in [2.45, 2.75) is 45.6 Å². The molecule has 1 aliphatic heterocycles. The summed E-state index contributed by atoms with van der Waals surface area (Å²) >= 11 is 5.64. The highest BCUT2D eigenvalue weighted by Gasteiger charge is 2.27. The molecule has 0 aliphatic carbocycles. The van der Waals surface area contributed by atoms with E-state index in [2.05, 4.69) is 54.0 Å². The van der Waals surface area contributed by atoms with Crippen LogP contribution in [0.5, 0.6) is 0 Å². The van der Waals surface area contributed by atoms with E-state index >= 15 is 0 Å². The molecule has 3 nitrogen and oxygen atoms in total. The monoisotopic (exact) mass is 293 g/mol. The number of hydrogen-bond donors (Lipinski definition) is 1. The molecule has 1 N–H and O–H groups in total. The van der Waals surface area contributed by atoms with E-state index in [9.17, 15) is 0 Å². The maximum atomic E-state index is 5.64. The van der Waals surface area contributed by atoms with Gasteiger partial charge in [-0.1, -0.05) is 13.8 Å². The van der Waals surface area contributed by atoms with Crippen molar-refractivity contribution >= 4 is 17.3 Å². The highest BCUT2D eigenvalue weighted by Crippen LogP contribution is 2.32. The minimum Gasteiger partial charge on any atom is -0.363 e. The summed E-state index contributed by atoms with van der Waals surface area (Å²) in [7, 11) is 2.13. The fourth-order valence-corrected chi connectivity index (χ4v) is 3.28. The van der Waals surface area contributed by atoms with Gasteiger partial charge in [0, 0.05) is 32.0 Å². The zero-order valence-electron chi connectivity index (χ0n) is 12.9. The van der Waals surface area contributed by atoms with Gasteiger partial charge in [0.25, 0.3) is 0 Å². The molecule has 0 aromatic carbocycles. The zero-order chi connectivity index (χ0) is 14.5. The first-order valence-electron chi connectivity index (χ1n) is 7.79. The Bertz CT molecular complexity index is 441. The lowest BCUT2D eigenvalue weighted by atomic mass is 10.0. The molecule has 2 rings (SSSR count). The molecule has 20 heavy (non-hydrogen) atoms. The summed E-state index contributed by atoms with van der Waals surface area (Å²) < 4.78 is 2.23. The Morgan fingerprint density at radius 2 is 2.20 bits per heavy atom. The Morgan fingerprint density at radius 1 is 1.40 bits per heavy atom. The van der Waals surface area contributed by atoms with E-state index in [1.165, 1.54) is 25.0 Å². The lowest BCUT2D eigenvalue weighted by molar-refractivity contribution is 0.306. The largest absolute Gasteiger partial charge is 0.363 e. The Kier molecular flexibility index (Phi) is 5.46. The summed E-state index contributed by atoms with van der Waals surface area (Å²) in [5.41, 5.74) is 1.37. The predicted octanol–water partition coefficient (Wildman–Crippen LogP) is 3.47. The SMILES string of the molecule is CCCNC(=S)N1CC[C@H](C)CC[C@@H]1c1cccn1C. The van der Waals surface area contributed by atoms with Gasteiger partial charge >= 0.3 is 0 Å². The molecule has 1 aromatic rings. The van der Waals surface area contributed by atoms with Crippen molar-refractivity contribution in [1.82, 2.24) is 14.8 Å². The Balaban J connectivity index is 2.19. The van der Waals surface area contributed by atoms with Crippen molar-refractivity contribution < 1.29 is 0 Å². The lowest BCUT2D eigenvalue weighted by Gasteiger charge is -2.33. The van der Waals surface area contributed by atoms with Crippen LogP contribution in [-0.4, -0.2) is 27.7 Å². The molecule has 0 amide bonds. The van der Waals surface area contributed by atoms with Gasteiger partial charge in [-0.25, -0.2) is 0 Å². The van der Waals surface area contributed by atoms with E-state index in [1.807, 2.05) is 0 Å². The minimum absolute atomic E-state index is 0.414. The predicted molar refractivity (Wildman–Crippen MR) is 88.8 cm³/mol. The minimum atomic E-state index is 0.414. The van der Waals surface area contributed by atoms with Crippen molar-refractivity contribution in [3.8, 4) is 0 Å². The molecule has 0 radical (unpaired) electrons. The van der Waals surface area contributed by atoms with Crippen molar-refractivity contribution in [2.75, 3.05) is 13.1 Å². The number of rotatable bonds is 3. The van der Waals surface area contributed by atoms with E-state index in [-0.39, 0.29) is 0 Å². The Hall–Kier alpha value is -1.03. The third-order valence-electron chi connectivity index (χ3n) is 4.28. The van der Waals surface area contributed by atoms with Crippen LogP contribution in [0.1, 0.15) is 51.3 Å². The van der Waals surface area contributed by atoms with Crippen LogP contribution in [0.3, 0.4) is 0 Å². The van der Waals surface area contributed by atoms with Gasteiger partial charge in [-0.15, -0.1) is 0 Å². The van der Waals surface area contributed by atoms with Crippen LogP contribution in [0.4, 0.5) is 0 Å². The maximum absolute atomic E-state index is 5.64. The summed E-state index contributed by atoms with van der Waals surface area (Å²) in [4.78, 5) is 2.41. The lowest BCUT2D eigenvalue weighted by Crippen LogP contribution is -2.42. The second-order valence-electron chi connectivity index (χ2n) is 5.96. The second kappa shape index (κ2) is 7.11. The molecule has 0 unspecified atom stereocenters.